The number of benzene rings is 2. The van der Waals surface area contributed by atoms with Gasteiger partial charge >= 0.3 is 12.1 Å². The van der Waals surface area contributed by atoms with Crippen LogP contribution >= 0.6 is 0 Å². The lowest BCUT2D eigenvalue weighted by molar-refractivity contribution is -0.148. The topological polar surface area (TPSA) is 356 Å². The van der Waals surface area contributed by atoms with E-state index in [0.717, 1.165) is 0 Å². The SMILES string of the molecule is C#CCOCCOCCOCCOCCOCC(=O)N[C@@H](C(=O)NC(CCCNC(N)=O)C(=O)Nc1ccc(COC(=O)N(C)[C@H](C(=O)N[C@H](C(=O)N(C)[C@@H]([C@@H](C)CC)[C@@H](CC(=O)N2CCC[C@H]2[C@H](OC)[C@@H](C)C(=O)N[C@H](C)[C@@H](O)c2ccccc2)OC)C(C)C)C(C)C)cc1)C(C)C. The molecule has 1 aliphatic heterocycles. The number of primary amides is 1. The second-order valence-corrected chi connectivity index (χ2v) is 25.9. The highest BCUT2D eigenvalue weighted by Gasteiger charge is 2.44. The number of hydrogen-bond donors (Lipinski definition) is 8. The largest absolute Gasteiger partial charge is 0.445 e. The summed E-state index contributed by atoms with van der Waals surface area (Å²) in [5.41, 5.74) is 6.78. The van der Waals surface area contributed by atoms with E-state index in [0.29, 0.717) is 82.3 Å². The van der Waals surface area contributed by atoms with Gasteiger partial charge in [-0.15, -0.1) is 6.42 Å². The minimum absolute atomic E-state index is 0.0777. The fraction of sp³-hybridized carbons (Fsp3) is 0.676. The van der Waals surface area contributed by atoms with E-state index in [1.54, 1.807) is 109 Å². The lowest BCUT2D eigenvalue weighted by Crippen LogP contribution is -2.60. The molecule has 9 N–H and O–H groups in total. The molecular weight excluding hydrogens is 1280 g/mol. The number of ether oxygens (including phenoxy) is 8. The second kappa shape index (κ2) is 46.0. The molecule has 2 aromatic carbocycles. The number of urea groups is 1. The molecule has 3 rings (SSSR count). The molecule has 0 spiro atoms. The number of terminal acetylenes is 1. The quantitative estimate of drug-likeness (QED) is 0.0338. The first-order valence-corrected chi connectivity index (χ1v) is 34.3. The summed E-state index contributed by atoms with van der Waals surface area (Å²) in [7, 11) is 6.08. The molecule has 0 saturated carbocycles. The van der Waals surface area contributed by atoms with E-state index in [1.165, 1.54) is 26.2 Å². The summed E-state index contributed by atoms with van der Waals surface area (Å²) in [6.45, 7) is 20.7. The Kier molecular flexibility index (Phi) is 39.9. The number of likely N-dealkylation sites (N-methyl/N-ethyl adjacent to an activating group) is 2. The van der Waals surface area contributed by atoms with Crippen LogP contribution in [0.15, 0.2) is 54.6 Å². The van der Waals surface area contributed by atoms with Crippen LogP contribution < -0.4 is 37.6 Å². The molecule has 12 atom stereocenters. The van der Waals surface area contributed by atoms with Crippen molar-refractivity contribution >= 4 is 59.2 Å². The summed E-state index contributed by atoms with van der Waals surface area (Å²) < 4.78 is 44.7. The van der Waals surface area contributed by atoms with E-state index < -0.39 is 126 Å². The van der Waals surface area contributed by atoms with Gasteiger partial charge in [0.15, 0.2) is 0 Å². The number of nitrogens with one attached hydrogen (secondary N) is 6. The van der Waals surface area contributed by atoms with Crippen LogP contribution in [0, 0.1) is 41.9 Å². The number of carbonyl (C=O) groups is 9. The van der Waals surface area contributed by atoms with E-state index in [1.807, 2.05) is 32.0 Å². The number of carbonyl (C=O) groups excluding carboxylic acids is 9. The molecule has 0 bridgehead atoms. The van der Waals surface area contributed by atoms with Gasteiger partial charge in [-0.25, -0.2) is 9.59 Å². The number of nitrogens with two attached hydrogens (primary N) is 1. The van der Waals surface area contributed by atoms with Gasteiger partial charge in [0.05, 0.1) is 102 Å². The highest BCUT2D eigenvalue weighted by molar-refractivity contribution is 5.98. The zero-order valence-electron chi connectivity index (χ0n) is 60.7. The Morgan fingerprint density at radius 1 is 0.697 bits per heavy atom. The van der Waals surface area contributed by atoms with Crippen molar-refractivity contribution in [1.82, 2.24) is 41.3 Å². The van der Waals surface area contributed by atoms with Crippen LogP contribution in [0.1, 0.15) is 125 Å². The summed E-state index contributed by atoms with van der Waals surface area (Å²) in [4.78, 5) is 128. The van der Waals surface area contributed by atoms with Crippen molar-refractivity contribution in [2.75, 3.05) is 113 Å². The van der Waals surface area contributed by atoms with Crippen LogP contribution in [0.2, 0.25) is 0 Å². The average Bonchev–Trinajstić information content (AvgIpc) is 1.79. The summed E-state index contributed by atoms with van der Waals surface area (Å²) >= 11 is 0. The maximum atomic E-state index is 14.8. The standard InChI is InChI=1S/C71H114N10O18/c1-16-33-94-34-35-95-36-37-96-38-39-97-40-41-98-44-57(82)77-59(45(3)4)67(87)76-54(25-21-31-73-70(72)90)66(86)75-53-29-27-51(28-30-53)43-99-71(91)80(13)61(47(7)8)68(88)78-60(46(5)6)69(89)79(12)62(48(9)17-2)56(92-14)42-58(83)81-32-22-26-55(81)64(93-15)49(10)65(85)74-50(11)63(84)52-23-19-18-20-24-52/h1,18-20,23-24,27-30,45-50,54-56,59-64,84H,17,21-22,25-26,31-44H2,2-15H3,(H,74,85)(H,75,86)(H,76,87)(H,77,82)(H,78,88)(H3,72,73,90)/t48-,49+,50+,54?,55-,56+,59+,60-,61-,62-,63+,64+/m0/s1. The molecule has 556 valence electrons. The van der Waals surface area contributed by atoms with E-state index >= 15 is 0 Å². The van der Waals surface area contributed by atoms with Crippen molar-refractivity contribution in [3.05, 3.63) is 65.7 Å². The number of aliphatic hydroxyl groups excluding tert-OH is 1. The van der Waals surface area contributed by atoms with Crippen molar-refractivity contribution in [3.8, 4) is 12.3 Å². The Morgan fingerprint density at radius 3 is 1.84 bits per heavy atom. The number of amides is 10. The second-order valence-electron chi connectivity index (χ2n) is 25.9. The van der Waals surface area contributed by atoms with Crippen LogP contribution in [-0.4, -0.2) is 235 Å². The molecule has 1 unspecified atom stereocenters. The van der Waals surface area contributed by atoms with Crippen LogP contribution in [-0.2, 0) is 78.1 Å². The van der Waals surface area contributed by atoms with E-state index in [-0.39, 0.29) is 76.6 Å². The Labute approximate surface area is 585 Å². The zero-order chi connectivity index (χ0) is 73.7. The maximum absolute atomic E-state index is 14.8. The lowest BCUT2D eigenvalue weighted by atomic mass is 9.89. The van der Waals surface area contributed by atoms with Crippen molar-refractivity contribution in [1.29, 1.82) is 0 Å². The highest BCUT2D eigenvalue weighted by Crippen LogP contribution is 2.31. The maximum Gasteiger partial charge on any atom is 0.410 e. The number of hydrogen-bond acceptors (Lipinski definition) is 18. The van der Waals surface area contributed by atoms with Gasteiger partial charge in [0.1, 0.15) is 44.0 Å². The molecule has 28 heteroatoms. The van der Waals surface area contributed by atoms with Gasteiger partial charge in [-0.2, -0.15) is 0 Å². The fourth-order valence-electron chi connectivity index (χ4n) is 11.7. The van der Waals surface area contributed by atoms with Gasteiger partial charge in [-0.3, -0.25) is 38.5 Å². The molecule has 28 nitrogen and oxygen atoms in total. The number of rotatable bonds is 47. The fourth-order valence-corrected chi connectivity index (χ4v) is 11.7. The van der Waals surface area contributed by atoms with Gasteiger partial charge < -0.3 is 90.4 Å². The summed E-state index contributed by atoms with van der Waals surface area (Å²) in [6, 6.07) is 8.69. The molecule has 2 aromatic rings. The molecule has 0 radical (unpaired) electrons. The monoisotopic (exact) mass is 1390 g/mol. The molecule has 0 aliphatic carbocycles. The highest BCUT2D eigenvalue weighted by atomic mass is 16.6. The van der Waals surface area contributed by atoms with Crippen LogP contribution in [0.5, 0.6) is 0 Å². The number of aliphatic hydroxyl groups is 1. The van der Waals surface area contributed by atoms with Crippen LogP contribution in [0.3, 0.4) is 0 Å². The summed E-state index contributed by atoms with van der Waals surface area (Å²) in [5, 5.41) is 27.5. The van der Waals surface area contributed by atoms with Crippen molar-refractivity contribution in [2.45, 2.75) is 175 Å². The van der Waals surface area contributed by atoms with Crippen molar-refractivity contribution in [2.24, 2.45) is 35.3 Å². The van der Waals surface area contributed by atoms with Gasteiger partial charge in [0.2, 0.25) is 41.4 Å². The van der Waals surface area contributed by atoms with Gasteiger partial charge in [-0.1, -0.05) is 117 Å². The predicted molar refractivity (Wildman–Crippen MR) is 372 cm³/mol. The van der Waals surface area contributed by atoms with Gasteiger partial charge in [-0.05, 0) is 79.5 Å². The smallest absolute Gasteiger partial charge is 0.410 e. The first kappa shape index (κ1) is 85.7. The van der Waals surface area contributed by atoms with Gasteiger partial charge in [0, 0.05) is 47.1 Å². The molecule has 1 saturated heterocycles. The molecular formula is C71H114N10O18. The third kappa shape index (κ3) is 29.3. The van der Waals surface area contributed by atoms with E-state index in [4.69, 9.17) is 50.1 Å². The third-order valence-corrected chi connectivity index (χ3v) is 17.4. The van der Waals surface area contributed by atoms with Crippen molar-refractivity contribution < 1.29 is 86.2 Å². The number of likely N-dealkylation sites (tertiary alicyclic amines) is 1. The molecule has 1 aliphatic rings. The molecule has 1 heterocycles. The van der Waals surface area contributed by atoms with E-state index in [2.05, 4.69) is 37.8 Å². The summed E-state index contributed by atoms with van der Waals surface area (Å²) in [5.74, 6) is -3.12. The van der Waals surface area contributed by atoms with Crippen molar-refractivity contribution in [3.63, 3.8) is 0 Å². The Morgan fingerprint density at radius 2 is 1.29 bits per heavy atom. The molecule has 1 fully saturated rings. The minimum Gasteiger partial charge on any atom is -0.445 e. The molecule has 10 amide bonds. The Hall–Kier alpha value is -7.49. The first-order valence-electron chi connectivity index (χ1n) is 34.3. The first-order chi connectivity index (χ1) is 47.1. The summed E-state index contributed by atoms with van der Waals surface area (Å²) in [6.07, 6.45) is 4.04. The average molecular weight is 1400 g/mol. The van der Waals surface area contributed by atoms with E-state index in [9.17, 15) is 48.3 Å². The molecule has 0 aromatic heterocycles. The zero-order valence-corrected chi connectivity index (χ0v) is 60.7. The van der Waals surface area contributed by atoms with Crippen LogP contribution in [0.25, 0.3) is 0 Å². The Bertz CT molecular complexity index is 2830. The lowest BCUT2D eigenvalue weighted by Gasteiger charge is -2.41. The third-order valence-electron chi connectivity index (χ3n) is 17.4. The Balaban J connectivity index is 1.62. The van der Waals surface area contributed by atoms with Crippen LogP contribution in [0.4, 0.5) is 15.3 Å². The van der Waals surface area contributed by atoms with Gasteiger partial charge in [0.25, 0.3) is 0 Å². The number of methoxy groups -OCH3 is 2. The number of anilines is 1. The molecule has 99 heavy (non-hydrogen) atoms. The minimum atomic E-state index is -1.12. The predicted octanol–water partition coefficient (Wildman–Crippen LogP) is 4.31. The number of nitrogens with zero attached hydrogens (tertiary/aromatic N) is 3. The normalized spacial score (nSPS) is 16.3.